The van der Waals surface area contributed by atoms with Gasteiger partial charge < -0.3 is 29.8 Å². The van der Waals surface area contributed by atoms with Crippen molar-refractivity contribution < 1.29 is 32.7 Å². The monoisotopic (exact) mass is 589 g/mol. The highest BCUT2D eigenvalue weighted by Crippen LogP contribution is 2.29. The van der Waals surface area contributed by atoms with Crippen molar-refractivity contribution in [2.24, 2.45) is 0 Å². The van der Waals surface area contributed by atoms with Gasteiger partial charge in [0.15, 0.2) is 0 Å². The van der Waals surface area contributed by atoms with Crippen LogP contribution in [0.25, 0.3) is 0 Å². The number of aromatic nitrogens is 2. The van der Waals surface area contributed by atoms with Gasteiger partial charge in [-0.05, 0) is 86.2 Å². The first-order valence-electron chi connectivity index (χ1n) is 12.9. The molecule has 1 aromatic carbocycles. The largest absolute Gasteiger partial charge is 0.444 e. The molecule has 0 radical (unpaired) electrons. The van der Waals surface area contributed by atoms with Crippen molar-refractivity contribution in [2.75, 3.05) is 26.2 Å². The minimum Gasteiger partial charge on any atom is -0.444 e. The first kappa shape index (κ1) is 31.6. The molecule has 0 aliphatic carbocycles. The van der Waals surface area contributed by atoms with E-state index in [1.165, 1.54) is 22.9 Å². The molecule has 1 saturated heterocycles. The second-order valence-electron chi connectivity index (χ2n) is 11.4. The molecular formula is C26H35ClF3N5O5. The Kier molecular flexibility index (Phi) is 9.74. The zero-order valence-corrected chi connectivity index (χ0v) is 23.7. The number of likely N-dealkylation sites (tertiary alicyclic amines) is 1. The number of carbonyl (C=O) groups excluding carboxylic acids is 1. The number of aliphatic hydroxyl groups is 1. The summed E-state index contributed by atoms with van der Waals surface area (Å²) < 4.78 is 45.7. The molecule has 0 saturated carbocycles. The summed E-state index contributed by atoms with van der Waals surface area (Å²) in [6.45, 7) is 8.60. The number of alkyl halides is 3. The average Bonchev–Trinajstić information content (AvgIpc) is 3.18. The van der Waals surface area contributed by atoms with Crippen LogP contribution in [-0.2, 0) is 23.9 Å². The number of piperidine rings is 1. The van der Waals surface area contributed by atoms with E-state index in [9.17, 15) is 33.2 Å². The Hall–Kier alpha value is -2.90. The number of amides is 1. The number of halogens is 4. The summed E-state index contributed by atoms with van der Waals surface area (Å²) in [6, 6.07) is 4.75. The van der Waals surface area contributed by atoms with Crippen LogP contribution in [0.2, 0.25) is 5.28 Å². The van der Waals surface area contributed by atoms with E-state index in [1.54, 1.807) is 32.6 Å². The van der Waals surface area contributed by atoms with Crippen LogP contribution >= 0.6 is 11.6 Å². The number of nitro groups is 1. The van der Waals surface area contributed by atoms with Crippen LogP contribution in [0.3, 0.4) is 0 Å². The lowest BCUT2D eigenvalue weighted by atomic mass is 9.99. The Morgan fingerprint density at radius 2 is 1.77 bits per heavy atom. The zero-order chi connectivity index (χ0) is 29.9. The molecule has 2 heterocycles. The topological polar surface area (TPSA) is 114 Å². The molecule has 1 aromatic heterocycles. The van der Waals surface area contributed by atoms with Crippen molar-refractivity contribution in [1.82, 2.24) is 19.4 Å². The highest BCUT2D eigenvalue weighted by atomic mass is 35.5. The lowest BCUT2D eigenvalue weighted by molar-refractivity contribution is -0.389. The summed E-state index contributed by atoms with van der Waals surface area (Å²) in [5.74, 6) is -0.403. The summed E-state index contributed by atoms with van der Waals surface area (Å²) in [5.41, 5.74) is -2.03. The lowest BCUT2D eigenvalue weighted by Crippen LogP contribution is -2.52. The Balaban J connectivity index is 1.62. The Labute approximate surface area is 235 Å². The van der Waals surface area contributed by atoms with Crippen LogP contribution in [0.5, 0.6) is 0 Å². The van der Waals surface area contributed by atoms with Gasteiger partial charge >= 0.3 is 23.4 Å². The van der Waals surface area contributed by atoms with Gasteiger partial charge in [0.25, 0.3) is 0 Å². The molecular weight excluding hydrogens is 555 g/mol. The molecule has 1 aliphatic rings. The van der Waals surface area contributed by atoms with Gasteiger partial charge in [-0.3, -0.25) is 4.57 Å². The number of benzene rings is 1. The van der Waals surface area contributed by atoms with E-state index in [2.05, 4.69) is 4.98 Å². The molecule has 2 aromatic rings. The number of rotatable bonds is 9. The highest BCUT2D eigenvalue weighted by Gasteiger charge is 2.34. The number of imidazole rings is 1. The van der Waals surface area contributed by atoms with Gasteiger partial charge in [0.2, 0.25) is 0 Å². The SMILES string of the molecule is CC(O)(CN1CCC(N(CCc2ccc(C(F)(F)F)cc2)C(=O)OC(C)(C)C)CC1)Cn1cc([N+](=O)[O-])nc1Cl. The number of hydrogen-bond donors (Lipinski definition) is 1. The van der Waals surface area contributed by atoms with Crippen LogP contribution in [0.15, 0.2) is 30.5 Å². The van der Waals surface area contributed by atoms with Gasteiger partial charge in [0.05, 0.1) is 17.7 Å². The van der Waals surface area contributed by atoms with Crippen LogP contribution in [0.4, 0.5) is 23.8 Å². The number of nitrogens with zero attached hydrogens (tertiary/aromatic N) is 5. The summed E-state index contributed by atoms with van der Waals surface area (Å²) in [4.78, 5) is 30.7. The third-order valence-electron chi connectivity index (χ3n) is 6.53. The summed E-state index contributed by atoms with van der Waals surface area (Å²) >= 11 is 5.99. The van der Waals surface area contributed by atoms with Crippen LogP contribution in [0, 0.1) is 10.1 Å². The third kappa shape index (κ3) is 9.07. The summed E-state index contributed by atoms with van der Waals surface area (Å²) in [7, 11) is 0. The van der Waals surface area contributed by atoms with Gasteiger partial charge in [-0.25, -0.2) is 4.79 Å². The van der Waals surface area contributed by atoms with Crippen molar-refractivity contribution in [2.45, 2.75) is 76.9 Å². The summed E-state index contributed by atoms with van der Waals surface area (Å²) in [5, 5.41) is 21.9. The van der Waals surface area contributed by atoms with Gasteiger partial charge in [-0.15, -0.1) is 0 Å². The molecule has 1 N–H and O–H groups in total. The maximum Gasteiger partial charge on any atom is 0.416 e. The van der Waals surface area contributed by atoms with Crippen molar-refractivity contribution in [3.05, 3.63) is 57.0 Å². The Morgan fingerprint density at radius 3 is 2.27 bits per heavy atom. The molecule has 14 heteroatoms. The van der Waals surface area contributed by atoms with E-state index in [0.29, 0.717) is 37.9 Å². The van der Waals surface area contributed by atoms with E-state index < -0.39 is 39.8 Å². The fraction of sp³-hybridized carbons (Fsp3) is 0.615. The van der Waals surface area contributed by atoms with Crippen molar-refractivity contribution in [3.8, 4) is 0 Å². The van der Waals surface area contributed by atoms with E-state index in [0.717, 1.165) is 12.1 Å². The van der Waals surface area contributed by atoms with Crippen molar-refractivity contribution in [1.29, 1.82) is 0 Å². The molecule has 1 aliphatic heterocycles. The summed E-state index contributed by atoms with van der Waals surface area (Å²) in [6.07, 6.45) is -2.16. The van der Waals surface area contributed by atoms with Gasteiger partial charge in [0, 0.05) is 32.2 Å². The number of β-amino-alcohol motifs (C(OH)–C–C–N with tert-alkyl or cyclic N) is 1. The molecule has 1 atom stereocenters. The van der Waals surface area contributed by atoms with Gasteiger partial charge in [-0.1, -0.05) is 12.1 Å². The molecule has 3 rings (SSSR count). The second kappa shape index (κ2) is 12.3. The standard InChI is InChI=1S/C26H35ClF3N5O5/c1-24(2,3)40-23(36)34(14-9-18-5-7-19(8-6-18)26(28,29)30)20-10-12-32(13-11-20)16-25(4,37)17-33-15-21(35(38)39)31-22(33)27/h5-8,15,20,37H,9-14,16-17H2,1-4H3. The highest BCUT2D eigenvalue weighted by molar-refractivity contribution is 6.28. The molecule has 1 unspecified atom stereocenters. The number of hydrogen-bond acceptors (Lipinski definition) is 7. The number of ether oxygens (including phenoxy) is 1. The molecule has 222 valence electrons. The minimum atomic E-state index is -4.41. The lowest BCUT2D eigenvalue weighted by Gasteiger charge is -2.41. The van der Waals surface area contributed by atoms with Crippen LogP contribution < -0.4 is 0 Å². The fourth-order valence-corrected chi connectivity index (χ4v) is 4.92. The van der Waals surface area contributed by atoms with E-state index >= 15 is 0 Å². The predicted octanol–water partition coefficient (Wildman–Crippen LogP) is 5.16. The fourth-order valence-electron chi connectivity index (χ4n) is 4.72. The van der Waals surface area contributed by atoms with Crippen LogP contribution in [-0.4, -0.2) is 78.9 Å². The van der Waals surface area contributed by atoms with Crippen LogP contribution in [0.1, 0.15) is 51.7 Å². The molecule has 0 bridgehead atoms. The Morgan fingerprint density at radius 1 is 1.18 bits per heavy atom. The van der Waals surface area contributed by atoms with E-state index in [1.807, 2.05) is 4.90 Å². The third-order valence-corrected chi connectivity index (χ3v) is 6.83. The van der Waals surface area contributed by atoms with Crippen molar-refractivity contribution in [3.63, 3.8) is 0 Å². The van der Waals surface area contributed by atoms with E-state index in [-0.39, 0.29) is 31.0 Å². The van der Waals surface area contributed by atoms with Gasteiger partial charge in [-0.2, -0.15) is 13.2 Å². The number of carbonyl (C=O) groups is 1. The zero-order valence-electron chi connectivity index (χ0n) is 22.9. The molecule has 40 heavy (non-hydrogen) atoms. The average molecular weight is 590 g/mol. The molecule has 10 nitrogen and oxygen atoms in total. The second-order valence-corrected chi connectivity index (χ2v) is 11.7. The smallest absolute Gasteiger partial charge is 0.416 e. The normalized spacial score (nSPS) is 16.9. The molecule has 1 fully saturated rings. The maximum absolute atomic E-state index is 13.1. The minimum absolute atomic E-state index is 0.00373. The first-order chi connectivity index (χ1) is 18.4. The first-order valence-corrected chi connectivity index (χ1v) is 13.3. The maximum atomic E-state index is 13.1. The quantitative estimate of drug-likeness (QED) is 0.317. The van der Waals surface area contributed by atoms with Crippen molar-refractivity contribution >= 4 is 23.5 Å². The van der Waals surface area contributed by atoms with E-state index in [4.69, 9.17) is 16.3 Å². The molecule has 0 spiro atoms. The van der Waals surface area contributed by atoms with Gasteiger partial charge in [0.1, 0.15) is 11.8 Å². The Bertz CT molecular complexity index is 1170. The predicted molar refractivity (Wildman–Crippen MR) is 142 cm³/mol. The molecule has 1 amide bonds.